The van der Waals surface area contributed by atoms with E-state index in [1.807, 2.05) is 0 Å². The molecule has 0 aromatic carbocycles. The second-order valence-electron chi connectivity index (χ2n) is 5.30. The molecule has 1 heterocycles. The Kier molecular flexibility index (Phi) is 5.58. The number of aromatic nitrogens is 1. The number of rotatable bonds is 7. The monoisotopic (exact) mass is 289 g/mol. The molecule has 1 aromatic heterocycles. The second kappa shape index (κ2) is 6.54. The molecule has 0 saturated heterocycles. The SMILES string of the molecule is CC(C)c1cc(C(C)C)n(CCCOS(=O)(=O)O)c1. The Morgan fingerprint density at radius 3 is 2.37 bits per heavy atom. The van der Waals surface area contributed by atoms with Crippen LogP contribution in [0, 0.1) is 0 Å². The molecule has 0 radical (unpaired) electrons. The van der Waals surface area contributed by atoms with Crippen LogP contribution in [-0.2, 0) is 21.1 Å². The third-order valence-electron chi connectivity index (χ3n) is 2.98. The maximum atomic E-state index is 10.4. The van der Waals surface area contributed by atoms with E-state index in [-0.39, 0.29) is 6.61 Å². The van der Waals surface area contributed by atoms with E-state index in [1.54, 1.807) is 0 Å². The maximum absolute atomic E-state index is 10.4. The molecule has 1 rings (SSSR count). The zero-order chi connectivity index (χ0) is 14.6. The third-order valence-corrected chi connectivity index (χ3v) is 3.45. The molecular weight excluding hydrogens is 266 g/mol. The maximum Gasteiger partial charge on any atom is 0.397 e. The summed E-state index contributed by atoms with van der Waals surface area (Å²) >= 11 is 0. The fraction of sp³-hybridized carbons (Fsp3) is 0.692. The lowest BCUT2D eigenvalue weighted by Gasteiger charge is -2.11. The van der Waals surface area contributed by atoms with Crippen LogP contribution in [0.3, 0.4) is 0 Å². The summed E-state index contributed by atoms with van der Waals surface area (Å²) in [5, 5.41) is 0. The average molecular weight is 289 g/mol. The fourth-order valence-electron chi connectivity index (χ4n) is 1.95. The van der Waals surface area contributed by atoms with E-state index in [4.69, 9.17) is 4.55 Å². The number of hydrogen-bond acceptors (Lipinski definition) is 3. The molecule has 110 valence electrons. The highest BCUT2D eigenvalue weighted by Gasteiger charge is 2.11. The van der Waals surface area contributed by atoms with Gasteiger partial charge in [0, 0.05) is 18.4 Å². The first-order valence-corrected chi connectivity index (χ1v) is 7.89. The van der Waals surface area contributed by atoms with Crippen molar-refractivity contribution in [1.29, 1.82) is 0 Å². The quantitative estimate of drug-likeness (QED) is 0.619. The predicted molar refractivity (Wildman–Crippen MR) is 74.7 cm³/mol. The number of hydrogen-bond donors (Lipinski definition) is 1. The van der Waals surface area contributed by atoms with E-state index in [0.29, 0.717) is 24.8 Å². The molecule has 5 nitrogen and oxygen atoms in total. The molecular formula is C13H23NO4S. The first kappa shape index (κ1) is 16.2. The Hall–Kier alpha value is -0.850. The van der Waals surface area contributed by atoms with Crippen molar-refractivity contribution in [2.45, 2.75) is 52.5 Å². The molecule has 0 fully saturated rings. The standard InChI is InChI=1S/C13H23NO4S/c1-10(2)12-8-13(11(3)4)14(9-12)6-5-7-18-19(15,16)17/h8-11H,5-7H2,1-4H3,(H,15,16,17). The van der Waals surface area contributed by atoms with Crippen LogP contribution in [0.15, 0.2) is 12.3 Å². The van der Waals surface area contributed by atoms with Crippen molar-refractivity contribution in [3.05, 3.63) is 23.5 Å². The van der Waals surface area contributed by atoms with Gasteiger partial charge in [-0.05, 0) is 29.9 Å². The summed E-state index contributed by atoms with van der Waals surface area (Å²) in [6, 6.07) is 2.19. The highest BCUT2D eigenvalue weighted by atomic mass is 32.3. The van der Waals surface area contributed by atoms with Gasteiger partial charge < -0.3 is 4.57 Å². The van der Waals surface area contributed by atoms with Crippen LogP contribution in [-0.4, -0.2) is 24.1 Å². The molecule has 1 aromatic rings. The van der Waals surface area contributed by atoms with E-state index in [1.165, 1.54) is 11.3 Å². The smallest absolute Gasteiger partial charge is 0.351 e. The van der Waals surface area contributed by atoms with Crippen LogP contribution in [0.2, 0.25) is 0 Å². The first-order chi connectivity index (χ1) is 8.70. The minimum Gasteiger partial charge on any atom is -0.351 e. The van der Waals surface area contributed by atoms with E-state index in [0.717, 1.165) is 0 Å². The zero-order valence-corrected chi connectivity index (χ0v) is 12.8. The lowest BCUT2D eigenvalue weighted by molar-refractivity contribution is 0.259. The van der Waals surface area contributed by atoms with Crippen molar-refractivity contribution < 1.29 is 17.2 Å². The van der Waals surface area contributed by atoms with Gasteiger partial charge in [0.15, 0.2) is 0 Å². The number of aryl methyl sites for hydroxylation is 1. The Morgan fingerprint density at radius 1 is 1.26 bits per heavy atom. The van der Waals surface area contributed by atoms with Crippen molar-refractivity contribution >= 4 is 10.4 Å². The lowest BCUT2D eigenvalue weighted by atomic mass is 10.1. The highest BCUT2D eigenvalue weighted by Crippen LogP contribution is 2.23. The molecule has 0 aliphatic heterocycles. The van der Waals surface area contributed by atoms with Gasteiger partial charge in [0.25, 0.3) is 0 Å². The van der Waals surface area contributed by atoms with Crippen LogP contribution in [0.4, 0.5) is 0 Å². The van der Waals surface area contributed by atoms with Crippen LogP contribution in [0.5, 0.6) is 0 Å². The summed E-state index contributed by atoms with van der Waals surface area (Å²) in [6.07, 6.45) is 2.64. The van der Waals surface area contributed by atoms with Gasteiger partial charge in [-0.3, -0.25) is 4.55 Å². The molecule has 19 heavy (non-hydrogen) atoms. The van der Waals surface area contributed by atoms with Crippen molar-refractivity contribution in [3.8, 4) is 0 Å². The summed E-state index contributed by atoms with van der Waals surface area (Å²) in [7, 11) is -4.32. The normalized spacial score (nSPS) is 12.6. The van der Waals surface area contributed by atoms with Crippen LogP contribution >= 0.6 is 0 Å². The molecule has 0 aliphatic rings. The number of nitrogens with zero attached hydrogens (tertiary/aromatic N) is 1. The van der Waals surface area contributed by atoms with Crippen LogP contribution in [0.25, 0.3) is 0 Å². The van der Waals surface area contributed by atoms with Crippen molar-refractivity contribution in [1.82, 2.24) is 4.57 Å². The van der Waals surface area contributed by atoms with Crippen LogP contribution < -0.4 is 0 Å². The third kappa shape index (κ3) is 5.34. The van der Waals surface area contributed by atoms with Crippen molar-refractivity contribution in [3.63, 3.8) is 0 Å². The highest BCUT2D eigenvalue weighted by molar-refractivity contribution is 7.80. The molecule has 0 amide bonds. The summed E-state index contributed by atoms with van der Waals surface area (Å²) in [5.41, 5.74) is 2.51. The second-order valence-corrected chi connectivity index (χ2v) is 6.40. The molecule has 6 heteroatoms. The van der Waals surface area contributed by atoms with Gasteiger partial charge >= 0.3 is 10.4 Å². The van der Waals surface area contributed by atoms with E-state index < -0.39 is 10.4 Å². The zero-order valence-electron chi connectivity index (χ0n) is 12.0. The molecule has 0 aliphatic carbocycles. The molecule has 0 saturated carbocycles. The first-order valence-electron chi connectivity index (χ1n) is 6.52. The topological polar surface area (TPSA) is 68.5 Å². The average Bonchev–Trinajstić information content (AvgIpc) is 2.67. The largest absolute Gasteiger partial charge is 0.397 e. The Bertz CT molecular complexity index is 503. The summed E-state index contributed by atoms with van der Waals surface area (Å²) in [6.45, 7) is 9.22. The molecule has 0 unspecified atom stereocenters. The predicted octanol–water partition coefficient (Wildman–Crippen LogP) is 2.94. The Morgan fingerprint density at radius 2 is 1.89 bits per heavy atom. The Balaban J connectivity index is 2.66. The molecule has 0 atom stereocenters. The van der Waals surface area contributed by atoms with Gasteiger partial charge in [0.1, 0.15) is 0 Å². The van der Waals surface area contributed by atoms with Gasteiger partial charge in [0.2, 0.25) is 0 Å². The summed E-state index contributed by atoms with van der Waals surface area (Å²) in [5.74, 6) is 0.878. The molecule has 0 bridgehead atoms. The van der Waals surface area contributed by atoms with E-state index in [9.17, 15) is 8.42 Å². The van der Waals surface area contributed by atoms with Gasteiger partial charge in [0.05, 0.1) is 6.61 Å². The van der Waals surface area contributed by atoms with E-state index in [2.05, 4.69) is 48.7 Å². The van der Waals surface area contributed by atoms with Crippen molar-refractivity contribution in [2.24, 2.45) is 0 Å². The lowest BCUT2D eigenvalue weighted by Crippen LogP contribution is -2.09. The Labute approximate surface area is 115 Å². The van der Waals surface area contributed by atoms with Gasteiger partial charge in [-0.15, -0.1) is 0 Å². The van der Waals surface area contributed by atoms with Gasteiger partial charge in [-0.25, -0.2) is 4.18 Å². The minimum absolute atomic E-state index is 0.00837. The van der Waals surface area contributed by atoms with Crippen molar-refractivity contribution in [2.75, 3.05) is 6.61 Å². The fourth-order valence-corrected chi connectivity index (χ4v) is 2.28. The van der Waals surface area contributed by atoms with Crippen LogP contribution in [0.1, 0.15) is 57.2 Å². The summed E-state index contributed by atoms with van der Waals surface area (Å²) < 4.78 is 35.8. The van der Waals surface area contributed by atoms with E-state index >= 15 is 0 Å². The molecule has 0 spiro atoms. The molecule has 1 N–H and O–H groups in total. The summed E-state index contributed by atoms with van der Waals surface area (Å²) in [4.78, 5) is 0. The minimum atomic E-state index is -4.32. The van der Waals surface area contributed by atoms with Gasteiger partial charge in [-0.1, -0.05) is 27.7 Å². The van der Waals surface area contributed by atoms with Gasteiger partial charge in [-0.2, -0.15) is 8.42 Å².